The zero-order valence-electron chi connectivity index (χ0n) is 9.36. The zero-order chi connectivity index (χ0) is 13.2. The summed E-state index contributed by atoms with van der Waals surface area (Å²) in [7, 11) is 0. The standard InChI is InChI=1S/C13H8F4O/c1-13-3-2-5(4-13)6-7(12(13)18)9(15)11(17)10(16)8(6)14/h2-3,5H,4H2,1H3/t5-,13+/m0/s1. The van der Waals surface area contributed by atoms with Crippen LogP contribution in [0.2, 0.25) is 0 Å². The van der Waals surface area contributed by atoms with E-state index in [9.17, 15) is 22.4 Å². The lowest BCUT2D eigenvalue weighted by Crippen LogP contribution is -2.32. The molecular formula is C13H8F4O. The Morgan fingerprint density at radius 1 is 1.11 bits per heavy atom. The predicted molar refractivity (Wildman–Crippen MR) is 55.2 cm³/mol. The molecule has 94 valence electrons. The fourth-order valence-corrected chi connectivity index (χ4v) is 2.79. The highest BCUT2D eigenvalue weighted by molar-refractivity contribution is 6.05. The van der Waals surface area contributed by atoms with Crippen molar-refractivity contribution in [3.8, 4) is 0 Å². The van der Waals surface area contributed by atoms with Gasteiger partial charge in [-0.15, -0.1) is 0 Å². The Kier molecular flexibility index (Phi) is 2.04. The zero-order valence-corrected chi connectivity index (χ0v) is 9.36. The van der Waals surface area contributed by atoms with Crippen molar-refractivity contribution < 1.29 is 22.4 Å². The molecule has 0 fully saturated rings. The molecule has 1 aromatic rings. The topological polar surface area (TPSA) is 17.1 Å². The summed E-state index contributed by atoms with van der Waals surface area (Å²) in [6.45, 7) is 1.58. The lowest BCUT2D eigenvalue weighted by atomic mass is 9.72. The third-order valence-electron chi connectivity index (χ3n) is 3.76. The van der Waals surface area contributed by atoms with E-state index in [2.05, 4.69) is 0 Å². The molecule has 0 radical (unpaired) electrons. The maximum Gasteiger partial charge on any atom is 0.198 e. The molecule has 1 aromatic carbocycles. The van der Waals surface area contributed by atoms with Gasteiger partial charge in [0.2, 0.25) is 0 Å². The van der Waals surface area contributed by atoms with Crippen molar-refractivity contribution in [1.82, 2.24) is 0 Å². The minimum atomic E-state index is -1.93. The van der Waals surface area contributed by atoms with Crippen LogP contribution in [0.1, 0.15) is 35.2 Å². The number of carbonyl (C=O) groups excluding carboxylic acids is 1. The Labute approximate surface area is 100 Å². The molecule has 2 atom stereocenters. The molecule has 1 nitrogen and oxygen atoms in total. The molecule has 0 N–H and O–H groups in total. The normalized spacial score (nSPS) is 28.7. The third-order valence-corrected chi connectivity index (χ3v) is 3.76. The fourth-order valence-electron chi connectivity index (χ4n) is 2.79. The minimum Gasteiger partial charge on any atom is -0.293 e. The van der Waals surface area contributed by atoms with Crippen LogP contribution in [0.15, 0.2) is 12.2 Å². The molecule has 0 saturated heterocycles. The second-order valence-electron chi connectivity index (χ2n) is 4.96. The highest BCUT2D eigenvalue weighted by Crippen LogP contribution is 2.50. The van der Waals surface area contributed by atoms with Gasteiger partial charge in [0.25, 0.3) is 0 Å². The van der Waals surface area contributed by atoms with E-state index in [-0.39, 0.29) is 12.0 Å². The van der Waals surface area contributed by atoms with E-state index >= 15 is 0 Å². The Morgan fingerprint density at radius 2 is 1.72 bits per heavy atom. The molecule has 0 amide bonds. The van der Waals surface area contributed by atoms with Crippen molar-refractivity contribution in [3.05, 3.63) is 46.5 Å². The smallest absolute Gasteiger partial charge is 0.198 e. The molecule has 2 aliphatic rings. The van der Waals surface area contributed by atoms with Gasteiger partial charge in [-0.25, -0.2) is 17.6 Å². The maximum atomic E-state index is 13.7. The average Bonchev–Trinajstić information content (AvgIpc) is 2.69. The number of benzene rings is 1. The molecule has 0 aromatic heterocycles. The van der Waals surface area contributed by atoms with Crippen LogP contribution in [0.25, 0.3) is 0 Å². The Balaban J connectivity index is 2.41. The second-order valence-corrected chi connectivity index (χ2v) is 4.96. The van der Waals surface area contributed by atoms with Crippen molar-refractivity contribution in [2.45, 2.75) is 19.3 Å². The van der Waals surface area contributed by atoms with Crippen LogP contribution < -0.4 is 0 Å². The van der Waals surface area contributed by atoms with Gasteiger partial charge in [-0.1, -0.05) is 12.2 Å². The van der Waals surface area contributed by atoms with E-state index in [1.807, 2.05) is 0 Å². The highest BCUT2D eigenvalue weighted by Gasteiger charge is 2.48. The number of halogens is 4. The van der Waals surface area contributed by atoms with Gasteiger partial charge >= 0.3 is 0 Å². The van der Waals surface area contributed by atoms with Crippen LogP contribution in [0.3, 0.4) is 0 Å². The fraction of sp³-hybridized carbons (Fsp3) is 0.308. The highest BCUT2D eigenvalue weighted by atomic mass is 19.2. The molecule has 0 saturated carbocycles. The molecule has 2 bridgehead atoms. The summed E-state index contributed by atoms with van der Waals surface area (Å²) in [5.74, 6) is -8.11. The summed E-state index contributed by atoms with van der Waals surface area (Å²) in [5.41, 5.74) is -1.95. The van der Waals surface area contributed by atoms with Gasteiger partial charge in [0.15, 0.2) is 29.1 Å². The number of hydrogen-bond donors (Lipinski definition) is 0. The van der Waals surface area contributed by atoms with E-state index in [0.29, 0.717) is 0 Å². The molecule has 0 spiro atoms. The number of fused-ring (bicyclic) bond motifs is 4. The summed E-state index contributed by atoms with van der Waals surface area (Å²) in [5, 5.41) is 0. The summed E-state index contributed by atoms with van der Waals surface area (Å²) in [6.07, 6.45) is 3.36. The molecule has 5 heteroatoms. The van der Waals surface area contributed by atoms with Crippen LogP contribution in [0, 0.1) is 28.7 Å². The first-order valence-electron chi connectivity index (χ1n) is 5.47. The van der Waals surface area contributed by atoms with E-state index in [1.54, 1.807) is 19.1 Å². The first-order chi connectivity index (χ1) is 8.37. The SMILES string of the molecule is C[C@@]12C=C[C@@H](C1)c1c(F)c(F)c(F)c(F)c1C2=O. The van der Waals surface area contributed by atoms with E-state index < -0.39 is 45.9 Å². The van der Waals surface area contributed by atoms with Gasteiger partial charge in [-0.05, 0) is 13.3 Å². The summed E-state index contributed by atoms with van der Waals surface area (Å²) in [4.78, 5) is 12.1. The summed E-state index contributed by atoms with van der Waals surface area (Å²) in [6, 6.07) is 0. The van der Waals surface area contributed by atoms with Gasteiger partial charge in [0.1, 0.15) is 0 Å². The number of Topliss-reactive ketones (excluding diaryl/α,β-unsaturated/α-hetero) is 1. The van der Waals surface area contributed by atoms with Crippen molar-refractivity contribution in [2.75, 3.05) is 0 Å². The number of ketones is 1. The van der Waals surface area contributed by atoms with Crippen LogP contribution in [0.4, 0.5) is 17.6 Å². The van der Waals surface area contributed by atoms with Crippen LogP contribution in [-0.4, -0.2) is 5.78 Å². The van der Waals surface area contributed by atoms with Gasteiger partial charge in [-0.3, -0.25) is 4.79 Å². The lowest BCUT2D eigenvalue weighted by molar-refractivity contribution is 0.0842. The number of rotatable bonds is 0. The van der Waals surface area contributed by atoms with Gasteiger partial charge in [0.05, 0.1) is 5.56 Å². The molecular weight excluding hydrogens is 248 g/mol. The second kappa shape index (κ2) is 3.22. The monoisotopic (exact) mass is 256 g/mol. The third kappa shape index (κ3) is 1.14. The molecule has 18 heavy (non-hydrogen) atoms. The van der Waals surface area contributed by atoms with Crippen LogP contribution in [-0.2, 0) is 0 Å². The molecule has 0 heterocycles. The number of allylic oxidation sites excluding steroid dienone is 2. The minimum absolute atomic E-state index is 0.264. The maximum absolute atomic E-state index is 13.7. The molecule has 0 aliphatic heterocycles. The molecule has 0 unspecified atom stereocenters. The number of hydrogen-bond acceptors (Lipinski definition) is 1. The van der Waals surface area contributed by atoms with E-state index in [4.69, 9.17) is 0 Å². The van der Waals surface area contributed by atoms with E-state index in [0.717, 1.165) is 0 Å². The van der Waals surface area contributed by atoms with Crippen molar-refractivity contribution >= 4 is 5.78 Å². The predicted octanol–water partition coefficient (Wildman–Crippen LogP) is 3.49. The van der Waals surface area contributed by atoms with Crippen LogP contribution in [0.5, 0.6) is 0 Å². The van der Waals surface area contributed by atoms with Crippen molar-refractivity contribution in [1.29, 1.82) is 0 Å². The van der Waals surface area contributed by atoms with E-state index in [1.165, 1.54) is 0 Å². The Bertz CT molecular complexity index is 620. The summed E-state index contributed by atoms with van der Waals surface area (Å²) < 4.78 is 53.8. The van der Waals surface area contributed by atoms with Gasteiger partial charge in [-0.2, -0.15) is 0 Å². The van der Waals surface area contributed by atoms with Gasteiger partial charge < -0.3 is 0 Å². The first kappa shape index (κ1) is 11.4. The van der Waals surface area contributed by atoms with Crippen molar-refractivity contribution in [2.24, 2.45) is 5.41 Å². The average molecular weight is 256 g/mol. The largest absolute Gasteiger partial charge is 0.293 e. The first-order valence-corrected chi connectivity index (χ1v) is 5.47. The molecule has 2 aliphatic carbocycles. The Morgan fingerprint density at radius 3 is 2.39 bits per heavy atom. The number of carbonyl (C=O) groups is 1. The molecule has 3 rings (SSSR count). The van der Waals surface area contributed by atoms with Gasteiger partial charge in [0, 0.05) is 16.9 Å². The quantitative estimate of drug-likeness (QED) is 0.300. The summed E-state index contributed by atoms with van der Waals surface area (Å²) >= 11 is 0. The Hall–Kier alpha value is -1.65. The van der Waals surface area contributed by atoms with Crippen LogP contribution >= 0.6 is 0 Å². The van der Waals surface area contributed by atoms with Crippen molar-refractivity contribution in [3.63, 3.8) is 0 Å². The lowest BCUT2D eigenvalue weighted by Gasteiger charge is -2.30.